The normalized spacial score (nSPS) is 23.0. The third-order valence-corrected chi connectivity index (χ3v) is 5.45. The minimum absolute atomic E-state index is 0.0524. The van der Waals surface area contributed by atoms with E-state index < -0.39 is 0 Å². The summed E-state index contributed by atoms with van der Waals surface area (Å²) in [4.78, 5) is 26.4. The summed E-state index contributed by atoms with van der Waals surface area (Å²) < 4.78 is 4.70. The second-order valence-corrected chi connectivity index (χ2v) is 7.01. The fraction of sp³-hybridized carbons (Fsp3) is 0.579. The summed E-state index contributed by atoms with van der Waals surface area (Å²) in [6, 6.07) is 5.39. The molecule has 2 N–H and O–H groups in total. The predicted octanol–water partition coefficient (Wildman–Crippen LogP) is 2.64. The van der Waals surface area contributed by atoms with Crippen molar-refractivity contribution >= 4 is 17.6 Å². The van der Waals surface area contributed by atoms with Gasteiger partial charge < -0.3 is 15.4 Å². The molecular weight excluding hydrogens is 304 g/mol. The quantitative estimate of drug-likeness (QED) is 0.680. The average Bonchev–Trinajstić information content (AvgIpc) is 3.03. The van der Waals surface area contributed by atoms with E-state index in [4.69, 9.17) is 10.5 Å². The third-order valence-electron chi connectivity index (χ3n) is 5.45. The van der Waals surface area contributed by atoms with E-state index in [1.54, 1.807) is 12.1 Å². The van der Waals surface area contributed by atoms with Crippen molar-refractivity contribution in [2.24, 2.45) is 11.8 Å². The van der Waals surface area contributed by atoms with E-state index in [1.807, 2.05) is 11.0 Å². The topological polar surface area (TPSA) is 72.6 Å². The molecular formula is C19H26N2O3. The van der Waals surface area contributed by atoms with Gasteiger partial charge in [0, 0.05) is 30.8 Å². The number of carbonyl (C=O) groups excluding carboxylic acids is 2. The molecule has 0 bridgehead atoms. The smallest absolute Gasteiger partial charge is 0.305 e. The molecule has 24 heavy (non-hydrogen) atoms. The number of aryl methyl sites for hydroxylation is 1. The molecule has 0 unspecified atom stereocenters. The van der Waals surface area contributed by atoms with Crippen molar-refractivity contribution in [3.63, 3.8) is 0 Å². The molecule has 2 fully saturated rings. The number of nitrogens with two attached hydrogens (primary N) is 1. The Morgan fingerprint density at radius 3 is 2.50 bits per heavy atom. The van der Waals surface area contributed by atoms with Crippen LogP contribution in [0.3, 0.4) is 0 Å². The van der Waals surface area contributed by atoms with E-state index in [2.05, 4.69) is 0 Å². The molecule has 2 aliphatic rings. The number of carbonyl (C=O) groups is 2. The van der Waals surface area contributed by atoms with Gasteiger partial charge in [-0.25, -0.2) is 0 Å². The van der Waals surface area contributed by atoms with Gasteiger partial charge in [0.25, 0.3) is 5.91 Å². The number of anilines is 1. The lowest BCUT2D eigenvalue weighted by molar-refractivity contribution is -0.140. The Hall–Kier alpha value is -2.04. The number of rotatable bonds is 4. The van der Waals surface area contributed by atoms with E-state index in [0.717, 1.165) is 18.7 Å². The molecule has 1 aliphatic heterocycles. The van der Waals surface area contributed by atoms with Crippen molar-refractivity contribution in [3.05, 3.63) is 29.3 Å². The van der Waals surface area contributed by atoms with Gasteiger partial charge in [0.1, 0.15) is 0 Å². The number of likely N-dealkylation sites (tertiary alicyclic amines) is 1. The highest BCUT2D eigenvalue weighted by atomic mass is 16.5. The van der Waals surface area contributed by atoms with E-state index in [-0.39, 0.29) is 18.3 Å². The lowest BCUT2D eigenvalue weighted by Crippen LogP contribution is -2.30. The maximum atomic E-state index is 13.0. The Morgan fingerprint density at radius 1 is 1.21 bits per heavy atom. The van der Waals surface area contributed by atoms with Crippen molar-refractivity contribution < 1.29 is 14.3 Å². The molecule has 1 saturated heterocycles. The van der Waals surface area contributed by atoms with Gasteiger partial charge in [0.15, 0.2) is 0 Å². The molecule has 0 aromatic heterocycles. The van der Waals surface area contributed by atoms with Crippen LogP contribution in [0.2, 0.25) is 0 Å². The minimum atomic E-state index is -0.266. The van der Waals surface area contributed by atoms with Crippen LogP contribution in [-0.2, 0) is 16.0 Å². The molecule has 2 atom stereocenters. The average molecular weight is 330 g/mol. The Kier molecular flexibility index (Phi) is 5.07. The number of methoxy groups -OCH3 is 1. The van der Waals surface area contributed by atoms with Gasteiger partial charge in [-0.1, -0.05) is 18.9 Å². The second-order valence-electron chi connectivity index (χ2n) is 7.01. The molecule has 1 aromatic rings. The van der Waals surface area contributed by atoms with Crippen LogP contribution >= 0.6 is 0 Å². The molecule has 3 rings (SSSR count). The fourth-order valence-electron chi connectivity index (χ4n) is 4.09. The maximum absolute atomic E-state index is 13.0. The number of hydrogen-bond acceptors (Lipinski definition) is 4. The van der Waals surface area contributed by atoms with E-state index in [0.29, 0.717) is 29.5 Å². The molecule has 0 spiro atoms. The number of nitrogens with zero attached hydrogens (tertiary/aromatic N) is 1. The van der Waals surface area contributed by atoms with Crippen LogP contribution in [0.25, 0.3) is 0 Å². The first-order chi connectivity index (χ1) is 11.6. The summed E-state index contributed by atoms with van der Waals surface area (Å²) in [7, 11) is 1.38. The number of fused-ring (bicyclic) bond motifs is 1. The number of nitrogen functional groups attached to an aromatic ring is 1. The van der Waals surface area contributed by atoms with Crippen molar-refractivity contribution in [2.75, 3.05) is 25.9 Å². The summed E-state index contributed by atoms with van der Waals surface area (Å²) in [5, 5.41) is 0. The molecule has 0 radical (unpaired) electrons. The summed E-state index contributed by atoms with van der Waals surface area (Å²) in [5.41, 5.74) is 7.99. The molecule has 5 heteroatoms. The zero-order valence-corrected chi connectivity index (χ0v) is 14.3. The lowest BCUT2D eigenvalue weighted by Gasteiger charge is -2.22. The van der Waals surface area contributed by atoms with Gasteiger partial charge in [-0.05, 0) is 48.8 Å². The summed E-state index contributed by atoms with van der Waals surface area (Å²) in [5.74, 6) is 1.10. The molecule has 1 aliphatic carbocycles. The lowest BCUT2D eigenvalue weighted by atomic mass is 9.82. The Morgan fingerprint density at radius 2 is 1.88 bits per heavy atom. The molecule has 1 heterocycles. The Bertz CT molecular complexity index is 615. The van der Waals surface area contributed by atoms with E-state index in [9.17, 15) is 9.59 Å². The first-order valence-corrected chi connectivity index (χ1v) is 8.83. The van der Waals surface area contributed by atoms with Crippen LogP contribution in [0, 0.1) is 11.8 Å². The molecule has 5 nitrogen and oxygen atoms in total. The van der Waals surface area contributed by atoms with Gasteiger partial charge in [-0.3, -0.25) is 9.59 Å². The van der Waals surface area contributed by atoms with Crippen LogP contribution < -0.4 is 5.73 Å². The van der Waals surface area contributed by atoms with Crippen LogP contribution in [0.5, 0.6) is 0 Å². The fourth-order valence-corrected chi connectivity index (χ4v) is 4.09. The Balaban J connectivity index is 1.76. The van der Waals surface area contributed by atoms with Gasteiger partial charge >= 0.3 is 5.97 Å². The SMILES string of the molecule is COC(=O)CCc1ccc(N)cc1C(=O)N1C[C@H]2CCCC[C@H]2C1. The number of esters is 1. The summed E-state index contributed by atoms with van der Waals surface area (Å²) in [6.07, 6.45) is 5.81. The van der Waals surface area contributed by atoms with Gasteiger partial charge in [-0.2, -0.15) is 0 Å². The van der Waals surface area contributed by atoms with Crippen molar-refractivity contribution in [2.45, 2.75) is 38.5 Å². The molecule has 1 aromatic carbocycles. The monoisotopic (exact) mass is 330 g/mol. The minimum Gasteiger partial charge on any atom is -0.469 e. The number of benzene rings is 1. The highest BCUT2D eigenvalue weighted by molar-refractivity contribution is 5.97. The number of hydrogen-bond donors (Lipinski definition) is 1. The van der Waals surface area contributed by atoms with Crippen LogP contribution in [0.4, 0.5) is 5.69 Å². The second kappa shape index (κ2) is 7.24. The maximum Gasteiger partial charge on any atom is 0.305 e. The molecule has 130 valence electrons. The largest absolute Gasteiger partial charge is 0.469 e. The van der Waals surface area contributed by atoms with Crippen LogP contribution in [0.1, 0.15) is 48.0 Å². The van der Waals surface area contributed by atoms with Gasteiger partial charge in [-0.15, -0.1) is 0 Å². The number of amides is 1. The zero-order valence-electron chi connectivity index (χ0n) is 14.3. The van der Waals surface area contributed by atoms with Gasteiger partial charge in [0.05, 0.1) is 7.11 Å². The van der Waals surface area contributed by atoms with Crippen molar-refractivity contribution in [3.8, 4) is 0 Å². The molecule has 1 amide bonds. The highest BCUT2D eigenvalue weighted by Crippen LogP contribution is 2.36. The molecule has 1 saturated carbocycles. The predicted molar refractivity (Wildman–Crippen MR) is 92.5 cm³/mol. The van der Waals surface area contributed by atoms with Crippen molar-refractivity contribution in [1.82, 2.24) is 4.90 Å². The first-order valence-electron chi connectivity index (χ1n) is 8.83. The first kappa shape index (κ1) is 16.8. The van der Waals surface area contributed by atoms with E-state index >= 15 is 0 Å². The van der Waals surface area contributed by atoms with Crippen molar-refractivity contribution in [1.29, 1.82) is 0 Å². The van der Waals surface area contributed by atoms with Gasteiger partial charge in [0.2, 0.25) is 0 Å². The van der Waals surface area contributed by atoms with E-state index in [1.165, 1.54) is 32.8 Å². The third kappa shape index (κ3) is 3.55. The summed E-state index contributed by atoms with van der Waals surface area (Å²) in [6.45, 7) is 1.71. The highest BCUT2D eigenvalue weighted by Gasteiger charge is 2.37. The standard InChI is InChI=1S/C19H26N2O3/c1-24-18(22)9-7-13-6-8-16(20)10-17(13)19(23)21-11-14-4-2-3-5-15(14)12-21/h6,8,10,14-15H,2-5,7,9,11-12,20H2,1H3/t14-,15+. The van der Waals surface area contributed by atoms with Crippen LogP contribution in [-0.4, -0.2) is 37.0 Å². The Labute approximate surface area is 143 Å². The zero-order chi connectivity index (χ0) is 17.1. The van der Waals surface area contributed by atoms with Crippen LogP contribution in [0.15, 0.2) is 18.2 Å². The number of ether oxygens (including phenoxy) is 1. The summed E-state index contributed by atoms with van der Waals surface area (Å²) >= 11 is 0.